The Balaban J connectivity index is 1.32. The van der Waals surface area contributed by atoms with Crippen molar-refractivity contribution in [2.45, 2.75) is 32.6 Å². The van der Waals surface area contributed by atoms with E-state index in [4.69, 9.17) is 4.74 Å². The van der Waals surface area contributed by atoms with Crippen molar-refractivity contribution >= 4 is 35.5 Å². The van der Waals surface area contributed by atoms with Crippen molar-refractivity contribution in [1.29, 1.82) is 0 Å². The number of benzene rings is 2. The van der Waals surface area contributed by atoms with Gasteiger partial charge in [-0.05, 0) is 73.1 Å². The summed E-state index contributed by atoms with van der Waals surface area (Å²) in [6, 6.07) is 13.6. The maximum atomic E-state index is 12.8. The second-order valence-corrected chi connectivity index (χ2v) is 9.71. The lowest BCUT2D eigenvalue weighted by Crippen LogP contribution is -2.27. The van der Waals surface area contributed by atoms with Crippen LogP contribution < -0.4 is 5.32 Å². The van der Waals surface area contributed by atoms with Crippen molar-refractivity contribution in [2.24, 2.45) is 11.0 Å². The van der Waals surface area contributed by atoms with Crippen molar-refractivity contribution in [3.05, 3.63) is 64.7 Å². The Morgan fingerprint density at radius 2 is 1.94 bits per heavy atom. The summed E-state index contributed by atoms with van der Waals surface area (Å²) in [5.74, 6) is 2.33. The van der Waals surface area contributed by atoms with Gasteiger partial charge in [0.2, 0.25) is 0 Å². The lowest BCUT2D eigenvalue weighted by Gasteiger charge is -2.24. The summed E-state index contributed by atoms with van der Waals surface area (Å²) in [5, 5.41) is 9.63. The van der Waals surface area contributed by atoms with Crippen LogP contribution in [0.25, 0.3) is 0 Å². The summed E-state index contributed by atoms with van der Waals surface area (Å²) in [6.45, 7) is 4.23. The third kappa shape index (κ3) is 6.60. The minimum Gasteiger partial charge on any atom is -0.466 e. The van der Waals surface area contributed by atoms with Gasteiger partial charge in [0.1, 0.15) is 0 Å². The van der Waals surface area contributed by atoms with Crippen molar-refractivity contribution in [1.82, 2.24) is 5.01 Å². The maximum Gasteiger partial charge on any atom is 0.306 e. The molecule has 1 atom stereocenters. The van der Waals surface area contributed by atoms with Crippen LogP contribution >= 0.6 is 11.8 Å². The highest BCUT2D eigenvalue weighted by Gasteiger charge is 2.22. The third-order valence-electron chi connectivity index (χ3n) is 6.09. The van der Waals surface area contributed by atoms with Gasteiger partial charge in [0.05, 0.1) is 12.8 Å². The predicted molar refractivity (Wildman–Crippen MR) is 134 cm³/mol. The molecule has 2 aromatic carbocycles. The number of hydrogen-bond donors (Lipinski definition) is 1. The van der Waals surface area contributed by atoms with Crippen molar-refractivity contribution in [2.75, 3.05) is 36.5 Å². The van der Waals surface area contributed by atoms with E-state index >= 15 is 0 Å². The van der Waals surface area contributed by atoms with Gasteiger partial charge in [0.15, 0.2) is 0 Å². The Morgan fingerprint density at radius 3 is 2.70 bits per heavy atom. The largest absolute Gasteiger partial charge is 0.466 e. The van der Waals surface area contributed by atoms with E-state index in [2.05, 4.69) is 15.4 Å². The Kier molecular flexibility index (Phi) is 8.05. The molecule has 2 aliphatic rings. The summed E-state index contributed by atoms with van der Waals surface area (Å²) in [5.41, 5.74) is 4.86. The Bertz CT molecular complexity index is 1000. The first-order valence-corrected chi connectivity index (χ1v) is 12.8. The quantitative estimate of drug-likeness (QED) is 0.485. The summed E-state index contributed by atoms with van der Waals surface area (Å²) < 4.78 is 5.09. The molecule has 4 rings (SSSR count). The zero-order valence-corrected chi connectivity index (χ0v) is 19.9. The highest BCUT2D eigenvalue weighted by Crippen LogP contribution is 2.29. The van der Waals surface area contributed by atoms with Gasteiger partial charge in [0, 0.05) is 42.3 Å². The molecule has 6 nitrogen and oxygen atoms in total. The molecule has 2 aromatic rings. The molecule has 0 radical (unpaired) electrons. The van der Waals surface area contributed by atoms with E-state index < -0.39 is 0 Å². The van der Waals surface area contributed by atoms with Gasteiger partial charge in [-0.2, -0.15) is 16.9 Å². The zero-order chi connectivity index (χ0) is 23.0. The molecule has 1 heterocycles. The number of carbonyl (C=O) groups excluding carboxylic acids is 2. The first-order chi connectivity index (χ1) is 16.1. The smallest absolute Gasteiger partial charge is 0.306 e. The first-order valence-electron chi connectivity index (χ1n) is 11.7. The summed E-state index contributed by atoms with van der Waals surface area (Å²) >= 11 is 1.96. The molecule has 174 valence electrons. The molecule has 0 bridgehead atoms. The lowest BCUT2D eigenvalue weighted by atomic mass is 9.81. The molecule has 1 unspecified atom stereocenters. The fourth-order valence-electron chi connectivity index (χ4n) is 4.27. The number of aryl methyl sites for hydroxylation is 1. The number of ether oxygens (including phenoxy) is 1. The van der Waals surface area contributed by atoms with Gasteiger partial charge in [-0.15, -0.1) is 0 Å². The van der Waals surface area contributed by atoms with Crippen LogP contribution in [0.15, 0.2) is 47.6 Å². The molecule has 0 saturated carbocycles. The number of rotatable bonds is 7. The minimum atomic E-state index is -0.121. The summed E-state index contributed by atoms with van der Waals surface area (Å²) in [7, 11) is 0. The first kappa shape index (κ1) is 23.4. The van der Waals surface area contributed by atoms with Crippen LogP contribution in [0.3, 0.4) is 0 Å². The van der Waals surface area contributed by atoms with Gasteiger partial charge < -0.3 is 10.1 Å². The number of anilines is 1. The highest BCUT2D eigenvalue weighted by molar-refractivity contribution is 7.99. The lowest BCUT2D eigenvalue weighted by molar-refractivity contribution is -0.144. The second-order valence-electron chi connectivity index (χ2n) is 8.49. The Morgan fingerprint density at radius 1 is 1.15 bits per heavy atom. The number of hydrazone groups is 1. The molecule has 33 heavy (non-hydrogen) atoms. The van der Waals surface area contributed by atoms with Gasteiger partial charge in [-0.25, -0.2) is 0 Å². The fraction of sp³-hybridized carbons (Fsp3) is 0.423. The maximum absolute atomic E-state index is 12.8. The number of nitrogens with one attached hydrogen (secondary N) is 1. The summed E-state index contributed by atoms with van der Waals surface area (Å²) in [6.07, 6.45) is 5.02. The topological polar surface area (TPSA) is 71.0 Å². The third-order valence-corrected chi connectivity index (χ3v) is 7.03. The van der Waals surface area contributed by atoms with Gasteiger partial charge >= 0.3 is 5.97 Å². The predicted octanol–water partition coefficient (Wildman–Crippen LogP) is 4.38. The van der Waals surface area contributed by atoms with Crippen LogP contribution in [0.4, 0.5) is 5.69 Å². The average Bonchev–Trinajstić information content (AvgIpc) is 2.84. The molecule has 1 fully saturated rings. The van der Waals surface area contributed by atoms with E-state index in [-0.39, 0.29) is 11.9 Å². The zero-order valence-electron chi connectivity index (χ0n) is 19.1. The molecule has 7 heteroatoms. The molecule has 1 aliphatic carbocycles. The van der Waals surface area contributed by atoms with Crippen LogP contribution in [-0.4, -0.2) is 54.3 Å². The van der Waals surface area contributed by atoms with E-state index in [1.165, 1.54) is 11.1 Å². The number of amides is 1. The Labute approximate surface area is 199 Å². The van der Waals surface area contributed by atoms with Crippen LogP contribution in [0.5, 0.6) is 0 Å². The van der Waals surface area contributed by atoms with Gasteiger partial charge in [-0.1, -0.05) is 18.2 Å². The van der Waals surface area contributed by atoms with Crippen LogP contribution in [0.1, 0.15) is 46.8 Å². The number of nitrogens with zero attached hydrogens (tertiary/aromatic N) is 2. The monoisotopic (exact) mass is 465 g/mol. The average molecular weight is 466 g/mol. The SMILES string of the molecule is CCOC(=O)CC1CCc2cc(C(=O)Nc3ccc(C=NN4CCSCC4)cc3)ccc2C1. The van der Waals surface area contributed by atoms with Gasteiger partial charge in [0.25, 0.3) is 5.91 Å². The van der Waals surface area contributed by atoms with Gasteiger partial charge in [-0.3, -0.25) is 14.6 Å². The molecule has 1 saturated heterocycles. The number of carbonyl (C=O) groups is 2. The van der Waals surface area contributed by atoms with E-state index in [9.17, 15) is 9.59 Å². The van der Waals surface area contributed by atoms with Crippen LogP contribution in [0, 0.1) is 5.92 Å². The summed E-state index contributed by atoms with van der Waals surface area (Å²) in [4.78, 5) is 24.6. The second kappa shape index (κ2) is 11.4. The normalized spacial score (nSPS) is 18.1. The molecular formula is C26H31N3O3S. The standard InChI is InChI=1S/C26H31N3O3S/c1-2-32-25(30)16-20-3-6-22-17-23(8-7-21(22)15-20)26(31)28-24-9-4-19(5-10-24)18-27-29-11-13-33-14-12-29/h4-5,7-10,17-18,20H,2-3,6,11-16H2,1H3,(H,28,31). The van der Waals surface area contributed by atoms with Crippen molar-refractivity contribution < 1.29 is 14.3 Å². The molecule has 0 spiro atoms. The highest BCUT2D eigenvalue weighted by atomic mass is 32.2. The number of esters is 1. The fourth-order valence-corrected chi connectivity index (χ4v) is 5.16. The molecule has 1 N–H and O–H groups in total. The Hall–Kier alpha value is -2.80. The minimum absolute atomic E-state index is 0.112. The number of fused-ring (bicyclic) bond motifs is 1. The van der Waals surface area contributed by atoms with E-state index in [1.807, 2.05) is 67.4 Å². The van der Waals surface area contributed by atoms with Crippen LogP contribution in [0.2, 0.25) is 0 Å². The van der Waals surface area contributed by atoms with E-state index in [0.29, 0.717) is 24.5 Å². The molecule has 1 aliphatic heterocycles. The van der Waals surface area contributed by atoms with Crippen molar-refractivity contribution in [3.63, 3.8) is 0 Å². The van der Waals surface area contributed by atoms with Crippen LogP contribution in [-0.2, 0) is 22.4 Å². The number of thioether (sulfide) groups is 1. The molecule has 0 aromatic heterocycles. The van der Waals surface area contributed by atoms with E-state index in [1.54, 1.807) is 0 Å². The van der Waals surface area contributed by atoms with Crippen molar-refractivity contribution in [3.8, 4) is 0 Å². The van der Waals surface area contributed by atoms with E-state index in [0.717, 1.165) is 55.1 Å². The molecule has 1 amide bonds. The molecular weight excluding hydrogens is 434 g/mol. The number of hydrogen-bond acceptors (Lipinski definition) is 6.